The molecule has 1 saturated heterocycles. The lowest BCUT2D eigenvalue weighted by atomic mass is 10.0. The second-order valence-electron chi connectivity index (χ2n) is 8.07. The van der Waals surface area contributed by atoms with Crippen LogP contribution >= 0.6 is 0 Å². The van der Waals surface area contributed by atoms with Crippen molar-refractivity contribution in [2.45, 2.75) is 46.2 Å². The van der Waals surface area contributed by atoms with E-state index in [1.165, 1.54) is 0 Å². The van der Waals surface area contributed by atoms with Gasteiger partial charge in [0.1, 0.15) is 12.6 Å². The van der Waals surface area contributed by atoms with E-state index in [1.54, 1.807) is 18.2 Å². The number of halogens is 2. The quantitative estimate of drug-likeness (QED) is 0.546. The van der Waals surface area contributed by atoms with Crippen molar-refractivity contribution in [2.24, 2.45) is 17.8 Å². The van der Waals surface area contributed by atoms with Crippen LogP contribution in [0.4, 0.5) is 13.9 Å². The van der Waals surface area contributed by atoms with E-state index in [1.807, 2.05) is 26.0 Å². The summed E-state index contributed by atoms with van der Waals surface area (Å²) in [5.41, 5.74) is 1.51. The third kappa shape index (κ3) is 5.50. The number of amides is 4. The van der Waals surface area contributed by atoms with Gasteiger partial charge in [-0.15, -0.1) is 0 Å². The fourth-order valence-corrected chi connectivity index (χ4v) is 4.19. The summed E-state index contributed by atoms with van der Waals surface area (Å²) in [5, 5.41) is 0. The van der Waals surface area contributed by atoms with Crippen molar-refractivity contribution in [2.75, 3.05) is 13.1 Å². The van der Waals surface area contributed by atoms with Crippen LogP contribution in [-0.2, 0) is 9.59 Å². The summed E-state index contributed by atoms with van der Waals surface area (Å²) in [6.07, 6.45) is 14.6. The molecule has 4 rings (SSSR count). The highest BCUT2D eigenvalue weighted by molar-refractivity contribution is 6.14. The fraction of sp³-hybridized carbons (Fsp3) is 0.480. The van der Waals surface area contributed by atoms with Crippen LogP contribution in [0.1, 0.15) is 40.0 Å². The van der Waals surface area contributed by atoms with Gasteiger partial charge < -0.3 is 0 Å². The van der Waals surface area contributed by atoms with Gasteiger partial charge in [0.15, 0.2) is 0 Å². The Morgan fingerprint density at radius 1 is 1.06 bits per heavy atom. The van der Waals surface area contributed by atoms with Crippen LogP contribution in [0.25, 0.3) is 0 Å². The summed E-state index contributed by atoms with van der Waals surface area (Å²) < 4.78 is 14.8. The number of fused-ring (bicyclic) bond motifs is 1. The van der Waals surface area contributed by atoms with E-state index in [2.05, 4.69) is 25.2 Å². The Bertz CT molecular complexity index is 888. The molecule has 3 unspecified atom stereocenters. The van der Waals surface area contributed by atoms with E-state index in [-0.39, 0.29) is 17.8 Å². The number of imide groups is 2. The molecule has 3 aliphatic carbocycles. The van der Waals surface area contributed by atoms with Crippen molar-refractivity contribution in [3.8, 4) is 0 Å². The van der Waals surface area contributed by atoms with E-state index in [4.69, 9.17) is 0 Å². The third-order valence-corrected chi connectivity index (χ3v) is 6.16. The molecule has 1 heterocycles. The number of hydrogen-bond acceptors (Lipinski definition) is 3. The molecule has 0 aromatic heterocycles. The molecule has 0 bridgehead atoms. The summed E-state index contributed by atoms with van der Waals surface area (Å²) in [5.74, 6) is 0.677. The Kier molecular flexibility index (Phi) is 8.87. The molecule has 0 radical (unpaired) electrons. The van der Waals surface area contributed by atoms with Crippen LogP contribution in [0.2, 0.25) is 0 Å². The van der Waals surface area contributed by atoms with Crippen molar-refractivity contribution < 1.29 is 23.5 Å². The van der Waals surface area contributed by atoms with Gasteiger partial charge in [-0.05, 0) is 36.2 Å². The Morgan fingerprint density at radius 3 is 2.50 bits per heavy atom. The molecule has 0 N–H and O–H groups in total. The Hall–Kier alpha value is -2.83. The first-order valence-corrected chi connectivity index (χ1v) is 11.2. The van der Waals surface area contributed by atoms with E-state index in [9.17, 15) is 18.8 Å². The van der Waals surface area contributed by atoms with Gasteiger partial charge in [0.25, 0.3) is 0 Å². The van der Waals surface area contributed by atoms with Crippen molar-refractivity contribution >= 4 is 17.8 Å². The molecule has 5 nitrogen and oxygen atoms in total. The Morgan fingerprint density at radius 2 is 1.78 bits per heavy atom. The van der Waals surface area contributed by atoms with E-state index >= 15 is 0 Å². The number of alkyl halides is 1. The van der Waals surface area contributed by atoms with Gasteiger partial charge in [0, 0.05) is 6.54 Å². The van der Waals surface area contributed by atoms with Gasteiger partial charge in [0.05, 0.1) is 6.54 Å². The summed E-state index contributed by atoms with van der Waals surface area (Å²) >= 11 is 0. The normalized spacial score (nSPS) is 26.9. The molecule has 7 heteroatoms. The van der Waals surface area contributed by atoms with E-state index in [0.29, 0.717) is 36.2 Å². The van der Waals surface area contributed by atoms with Gasteiger partial charge in [0.2, 0.25) is 11.8 Å². The van der Waals surface area contributed by atoms with Crippen LogP contribution < -0.4 is 0 Å². The molecule has 0 aromatic carbocycles. The Labute approximate surface area is 188 Å². The minimum atomic E-state index is -1.49. The molecule has 4 aliphatic rings. The first kappa shape index (κ1) is 25.4. The van der Waals surface area contributed by atoms with Crippen molar-refractivity contribution in [1.82, 2.24) is 9.80 Å². The monoisotopic (exact) mass is 446 g/mol. The molecule has 4 amide bonds. The number of barbiturate groups is 1. The maximum Gasteiger partial charge on any atom is 0.333 e. The van der Waals surface area contributed by atoms with Crippen LogP contribution in [0, 0.1) is 17.8 Å². The SMILES string of the molecule is CC.CC1C2C=CC(CCN3C(=O)CC(=O)N(C[C@@H](F)C4=CC=CCC=C4)C3=O)=CC12.F. The van der Waals surface area contributed by atoms with Crippen LogP contribution in [0.15, 0.2) is 59.8 Å². The van der Waals surface area contributed by atoms with Crippen LogP contribution in [0.5, 0.6) is 0 Å². The van der Waals surface area contributed by atoms with E-state index < -0.39 is 30.4 Å². The summed E-state index contributed by atoms with van der Waals surface area (Å²) in [4.78, 5) is 39.3. The minimum absolute atomic E-state index is 0. The highest BCUT2D eigenvalue weighted by Crippen LogP contribution is 2.50. The fourth-order valence-electron chi connectivity index (χ4n) is 4.19. The zero-order valence-electron chi connectivity index (χ0n) is 18.9. The van der Waals surface area contributed by atoms with E-state index in [0.717, 1.165) is 15.4 Å². The van der Waals surface area contributed by atoms with Crippen LogP contribution in [0.3, 0.4) is 0 Å². The van der Waals surface area contributed by atoms with Gasteiger partial charge in [-0.25, -0.2) is 9.18 Å². The zero-order chi connectivity index (χ0) is 22.5. The Balaban J connectivity index is 0.00000118. The molecule has 32 heavy (non-hydrogen) atoms. The number of hydrogen-bond donors (Lipinski definition) is 0. The molecule has 0 aromatic rings. The average molecular weight is 447 g/mol. The molecule has 174 valence electrons. The van der Waals surface area contributed by atoms with Gasteiger partial charge >= 0.3 is 6.03 Å². The number of carbonyl (C=O) groups is 3. The second kappa shape index (κ2) is 11.2. The molecule has 1 saturated carbocycles. The lowest BCUT2D eigenvalue weighted by molar-refractivity contribution is -0.142. The van der Waals surface area contributed by atoms with Gasteiger partial charge in [-0.3, -0.25) is 24.1 Å². The predicted octanol–water partition coefficient (Wildman–Crippen LogP) is 4.90. The van der Waals surface area contributed by atoms with Crippen molar-refractivity contribution in [3.63, 3.8) is 0 Å². The number of nitrogens with zero attached hydrogens (tertiary/aromatic N) is 2. The lowest BCUT2D eigenvalue weighted by Crippen LogP contribution is -2.56. The predicted molar refractivity (Wildman–Crippen MR) is 121 cm³/mol. The van der Waals surface area contributed by atoms with Crippen LogP contribution in [-0.4, -0.2) is 46.9 Å². The topological polar surface area (TPSA) is 57.7 Å². The van der Waals surface area contributed by atoms with Gasteiger partial charge in [-0.2, -0.15) is 0 Å². The smallest absolute Gasteiger partial charge is 0.274 e. The number of rotatable bonds is 6. The maximum atomic E-state index is 14.8. The summed E-state index contributed by atoms with van der Waals surface area (Å²) in [7, 11) is 0. The van der Waals surface area contributed by atoms with Crippen molar-refractivity contribution in [1.29, 1.82) is 0 Å². The highest BCUT2D eigenvalue weighted by atomic mass is 19.1. The zero-order valence-corrected chi connectivity index (χ0v) is 18.9. The van der Waals surface area contributed by atoms with Gasteiger partial charge in [-0.1, -0.05) is 75.0 Å². The maximum absolute atomic E-state index is 14.8. The van der Waals surface area contributed by atoms with Crippen molar-refractivity contribution in [3.05, 3.63) is 59.8 Å². The lowest BCUT2D eigenvalue weighted by Gasteiger charge is -2.33. The number of allylic oxidation sites excluding steroid dienone is 8. The third-order valence-electron chi connectivity index (χ3n) is 6.16. The minimum Gasteiger partial charge on any atom is -0.274 e. The molecular weight excluding hydrogens is 414 g/mol. The second-order valence-corrected chi connectivity index (χ2v) is 8.07. The number of carbonyl (C=O) groups excluding carboxylic acids is 3. The molecule has 1 aliphatic heterocycles. The molecular formula is C25H32F2N2O3. The molecule has 4 atom stereocenters. The first-order chi connectivity index (χ1) is 15.0. The molecule has 0 spiro atoms. The number of urea groups is 1. The summed E-state index contributed by atoms with van der Waals surface area (Å²) in [6.45, 7) is 6.03. The highest BCUT2D eigenvalue weighted by Gasteiger charge is 2.44. The molecule has 2 fully saturated rings. The average Bonchev–Trinajstić information content (AvgIpc) is 3.49. The first-order valence-electron chi connectivity index (χ1n) is 11.2. The largest absolute Gasteiger partial charge is 0.333 e. The summed E-state index contributed by atoms with van der Waals surface area (Å²) in [6, 6.07) is -0.722. The standard InChI is InChI=1S/C23H25FN2O3.C2H6.FH/c1-15-18-9-8-16(12-19(15)18)10-11-25-21(27)13-22(28)26(23(25)29)14-20(24)17-6-4-2-3-5-7-17;1-2;/h2,4-9,12,15,18-20H,3,10-11,13-14H2,1H3;1-2H3;1H/t15?,18?,19?,20-;;/m1../s1.